The lowest BCUT2D eigenvalue weighted by molar-refractivity contribution is 0.0952. The summed E-state index contributed by atoms with van der Waals surface area (Å²) in [6, 6.07) is 9.49. The SMILES string of the molecule is CCC1=CC=c2nc(-c3ccc(-c4ncco4)cc3)cc(C(=O)NN)c2=CC1. The normalized spacial score (nSPS) is 12.9. The van der Waals surface area contributed by atoms with Gasteiger partial charge in [-0.25, -0.2) is 15.8 Å². The van der Waals surface area contributed by atoms with Gasteiger partial charge < -0.3 is 4.42 Å². The molecule has 1 aliphatic rings. The highest BCUT2D eigenvalue weighted by atomic mass is 16.3. The zero-order valence-electron chi connectivity index (χ0n) is 15.5. The lowest BCUT2D eigenvalue weighted by atomic mass is 10.0. The molecule has 0 atom stereocenters. The number of amides is 1. The Bertz CT molecular complexity index is 1160. The van der Waals surface area contributed by atoms with Crippen molar-refractivity contribution in [2.45, 2.75) is 19.8 Å². The smallest absolute Gasteiger partial charge is 0.265 e. The lowest BCUT2D eigenvalue weighted by Crippen LogP contribution is -2.40. The first kappa shape index (κ1) is 17.9. The summed E-state index contributed by atoms with van der Waals surface area (Å²) in [6.45, 7) is 2.12. The third-order valence-corrected chi connectivity index (χ3v) is 4.82. The molecule has 28 heavy (non-hydrogen) atoms. The van der Waals surface area contributed by atoms with Crippen LogP contribution in [-0.2, 0) is 0 Å². The maximum atomic E-state index is 12.4. The molecular weight excluding hydrogens is 352 g/mol. The third kappa shape index (κ3) is 3.37. The van der Waals surface area contributed by atoms with E-state index in [9.17, 15) is 4.79 Å². The molecule has 1 amide bonds. The predicted molar refractivity (Wildman–Crippen MR) is 108 cm³/mol. The molecule has 6 heteroatoms. The molecule has 2 heterocycles. The van der Waals surface area contributed by atoms with Crippen molar-refractivity contribution in [1.82, 2.24) is 15.4 Å². The van der Waals surface area contributed by atoms with E-state index in [4.69, 9.17) is 15.2 Å². The Morgan fingerprint density at radius 2 is 2.00 bits per heavy atom. The summed E-state index contributed by atoms with van der Waals surface area (Å²) < 4.78 is 5.33. The Morgan fingerprint density at radius 1 is 1.21 bits per heavy atom. The molecule has 0 saturated carbocycles. The highest BCUT2D eigenvalue weighted by Gasteiger charge is 2.13. The van der Waals surface area contributed by atoms with E-state index >= 15 is 0 Å². The number of hydrazine groups is 1. The van der Waals surface area contributed by atoms with E-state index in [1.165, 1.54) is 5.57 Å². The van der Waals surface area contributed by atoms with Crippen LogP contribution in [0.3, 0.4) is 0 Å². The first-order valence-corrected chi connectivity index (χ1v) is 9.12. The number of rotatable bonds is 4. The predicted octanol–water partition coefficient (Wildman–Crippen LogP) is 2.31. The second-order valence-corrected chi connectivity index (χ2v) is 6.50. The fourth-order valence-corrected chi connectivity index (χ4v) is 3.24. The molecule has 4 rings (SSSR count). The maximum absolute atomic E-state index is 12.4. The monoisotopic (exact) mass is 372 g/mol. The van der Waals surface area contributed by atoms with Crippen LogP contribution in [0.1, 0.15) is 30.1 Å². The zero-order chi connectivity index (χ0) is 19.5. The van der Waals surface area contributed by atoms with Gasteiger partial charge in [-0.1, -0.05) is 36.8 Å². The van der Waals surface area contributed by atoms with E-state index in [1.54, 1.807) is 18.5 Å². The molecule has 0 fully saturated rings. The van der Waals surface area contributed by atoms with E-state index < -0.39 is 0 Å². The van der Waals surface area contributed by atoms with Crippen molar-refractivity contribution in [2.75, 3.05) is 0 Å². The van der Waals surface area contributed by atoms with Gasteiger partial charge >= 0.3 is 0 Å². The van der Waals surface area contributed by atoms with E-state index in [0.717, 1.165) is 34.5 Å². The minimum absolute atomic E-state index is 0.332. The van der Waals surface area contributed by atoms with E-state index in [0.29, 0.717) is 17.1 Å². The van der Waals surface area contributed by atoms with Crippen molar-refractivity contribution >= 4 is 18.1 Å². The van der Waals surface area contributed by atoms with Gasteiger partial charge in [0, 0.05) is 16.3 Å². The van der Waals surface area contributed by atoms with Crippen LogP contribution in [0.25, 0.3) is 34.9 Å². The van der Waals surface area contributed by atoms with Crippen molar-refractivity contribution < 1.29 is 9.21 Å². The second kappa shape index (κ2) is 7.62. The van der Waals surface area contributed by atoms with Crippen LogP contribution in [0.15, 0.2) is 58.9 Å². The number of nitrogens with one attached hydrogen (secondary N) is 1. The van der Waals surface area contributed by atoms with Crippen LogP contribution in [0.4, 0.5) is 0 Å². The number of nitrogens with zero attached hydrogens (tertiary/aromatic N) is 2. The molecule has 0 saturated heterocycles. The Hall–Kier alpha value is -3.51. The van der Waals surface area contributed by atoms with Crippen LogP contribution in [0.2, 0.25) is 0 Å². The summed E-state index contributed by atoms with van der Waals surface area (Å²) in [4.78, 5) is 21.4. The highest BCUT2D eigenvalue weighted by Crippen LogP contribution is 2.22. The fraction of sp³-hybridized carbons (Fsp3) is 0.136. The maximum Gasteiger partial charge on any atom is 0.265 e. The molecule has 2 aromatic heterocycles. The summed E-state index contributed by atoms with van der Waals surface area (Å²) in [7, 11) is 0. The van der Waals surface area contributed by atoms with Crippen molar-refractivity contribution in [1.29, 1.82) is 0 Å². The van der Waals surface area contributed by atoms with Crippen LogP contribution in [-0.4, -0.2) is 15.9 Å². The van der Waals surface area contributed by atoms with Crippen molar-refractivity contribution in [3.05, 3.63) is 70.6 Å². The van der Waals surface area contributed by atoms with Crippen molar-refractivity contribution in [3.63, 3.8) is 0 Å². The van der Waals surface area contributed by atoms with Gasteiger partial charge in [-0.15, -0.1) is 0 Å². The molecular formula is C22H20N4O2. The number of oxazole rings is 1. The summed E-state index contributed by atoms with van der Waals surface area (Å²) >= 11 is 0. The second-order valence-electron chi connectivity index (χ2n) is 6.50. The van der Waals surface area contributed by atoms with Gasteiger partial charge in [-0.2, -0.15) is 0 Å². The number of aromatic nitrogens is 2. The average Bonchev–Trinajstić information content (AvgIpc) is 3.20. The van der Waals surface area contributed by atoms with Gasteiger partial charge in [0.1, 0.15) is 6.26 Å². The largest absolute Gasteiger partial charge is 0.445 e. The van der Waals surface area contributed by atoms with Gasteiger partial charge in [0.25, 0.3) is 5.91 Å². The molecule has 1 aliphatic carbocycles. The first-order chi connectivity index (χ1) is 13.7. The lowest BCUT2D eigenvalue weighted by Gasteiger charge is -2.07. The topological polar surface area (TPSA) is 94.0 Å². The number of hydrogen-bond acceptors (Lipinski definition) is 5. The fourth-order valence-electron chi connectivity index (χ4n) is 3.24. The van der Waals surface area contributed by atoms with E-state index in [-0.39, 0.29) is 5.91 Å². The minimum atomic E-state index is -0.332. The number of allylic oxidation sites excluding steroid dienone is 2. The molecule has 0 spiro atoms. The number of benzene rings is 1. The molecule has 3 N–H and O–H groups in total. The molecule has 0 radical (unpaired) electrons. The van der Waals surface area contributed by atoms with Crippen LogP contribution in [0, 0.1) is 0 Å². The quantitative estimate of drug-likeness (QED) is 0.416. The molecule has 3 aromatic rings. The van der Waals surface area contributed by atoms with Gasteiger partial charge in [0.2, 0.25) is 5.89 Å². The Balaban J connectivity index is 1.84. The summed E-state index contributed by atoms with van der Waals surface area (Å²) in [5.41, 5.74) is 6.51. The molecule has 0 unspecified atom stereocenters. The summed E-state index contributed by atoms with van der Waals surface area (Å²) in [6.07, 6.45) is 11.0. The average molecular weight is 372 g/mol. The number of fused-ring (bicyclic) bond motifs is 1. The third-order valence-electron chi connectivity index (χ3n) is 4.82. The number of nitrogen functional groups attached to an aromatic ring is 1. The molecule has 1 aromatic carbocycles. The summed E-state index contributed by atoms with van der Waals surface area (Å²) in [5.74, 6) is 5.65. The molecule has 6 nitrogen and oxygen atoms in total. The number of carbonyl (C=O) groups is 1. The Kier molecular flexibility index (Phi) is 4.87. The number of carbonyl (C=O) groups excluding carboxylic acids is 1. The number of nitrogens with two attached hydrogens (primary N) is 1. The molecule has 0 aliphatic heterocycles. The van der Waals surface area contributed by atoms with Gasteiger partial charge in [-0.05, 0) is 37.1 Å². The standard InChI is InChI=1S/C22H20N4O2/c1-2-14-3-9-17-18(21(27)26-23)13-20(25-19(17)10-4-14)15-5-7-16(8-6-15)22-24-11-12-28-22/h4-13H,2-3,23H2,1H3,(H,26,27). The zero-order valence-corrected chi connectivity index (χ0v) is 15.5. The van der Waals surface area contributed by atoms with Gasteiger partial charge in [-0.3, -0.25) is 10.2 Å². The first-order valence-electron chi connectivity index (χ1n) is 9.12. The minimum Gasteiger partial charge on any atom is -0.445 e. The van der Waals surface area contributed by atoms with Crippen LogP contribution < -0.4 is 21.8 Å². The van der Waals surface area contributed by atoms with Crippen LogP contribution >= 0.6 is 0 Å². The Labute approximate surface area is 162 Å². The van der Waals surface area contributed by atoms with Crippen molar-refractivity contribution in [2.24, 2.45) is 5.84 Å². The van der Waals surface area contributed by atoms with E-state index in [1.807, 2.05) is 36.4 Å². The molecule has 0 bridgehead atoms. The number of hydrogen-bond donors (Lipinski definition) is 2. The highest BCUT2D eigenvalue weighted by molar-refractivity contribution is 5.95. The van der Waals surface area contributed by atoms with Crippen LogP contribution in [0.5, 0.6) is 0 Å². The molecule has 140 valence electrons. The van der Waals surface area contributed by atoms with Crippen molar-refractivity contribution in [3.8, 4) is 22.7 Å². The van der Waals surface area contributed by atoms with Gasteiger partial charge in [0.15, 0.2) is 0 Å². The summed E-state index contributed by atoms with van der Waals surface area (Å²) in [5, 5.41) is 1.57. The van der Waals surface area contributed by atoms with E-state index in [2.05, 4.69) is 23.4 Å². The number of pyridine rings is 1. The Morgan fingerprint density at radius 3 is 2.68 bits per heavy atom. The van der Waals surface area contributed by atoms with Gasteiger partial charge in [0.05, 0.1) is 22.8 Å².